The van der Waals surface area contributed by atoms with Crippen LogP contribution in [0.2, 0.25) is 0 Å². The number of para-hydroxylation sites is 1. The maximum Gasteiger partial charge on any atom is 0.242 e. The second kappa shape index (κ2) is 5.01. The Morgan fingerprint density at radius 2 is 2.19 bits per heavy atom. The normalized spacial score (nSPS) is 19.8. The van der Waals surface area contributed by atoms with Crippen molar-refractivity contribution in [3.05, 3.63) is 30.3 Å². The Morgan fingerprint density at radius 3 is 2.81 bits per heavy atom. The average Bonchev–Trinajstić information content (AvgIpc) is 2.74. The predicted molar refractivity (Wildman–Crippen MR) is 65.3 cm³/mol. The molecule has 0 aliphatic carbocycles. The lowest BCUT2D eigenvalue weighted by Crippen LogP contribution is -2.37. The van der Waals surface area contributed by atoms with Crippen LogP contribution >= 0.6 is 0 Å². The number of hydrogen-bond acceptors (Lipinski definition) is 2. The van der Waals surface area contributed by atoms with Gasteiger partial charge in [0, 0.05) is 18.3 Å². The number of carbonyl (C=O) groups excluding carboxylic acids is 1. The summed E-state index contributed by atoms with van der Waals surface area (Å²) in [4.78, 5) is 13.9. The van der Waals surface area contributed by atoms with Crippen molar-refractivity contribution in [1.82, 2.24) is 4.90 Å². The molecule has 0 spiro atoms. The summed E-state index contributed by atoms with van der Waals surface area (Å²) in [5.74, 6) is 0.203. The van der Waals surface area contributed by atoms with E-state index in [9.17, 15) is 4.79 Å². The van der Waals surface area contributed by atoms with Gasteiger partial charge in [-0.1, -0.05) is 18.2 Å². The molecule has 16 heavy (non-hydrogen) atoms. The van der Waals surface area contributed by atoms with Gasteiger partial charge < -0.3 is 10.2 Å². The lowest BCUT2D eigenvalue weighted by Gasteiger charge is -2.21. The number of nitrogens with one attached hydrogen (secondary N) is 1. The Balaban J connectivity index is 1.84. The number of benzene rings is 1. The van der Waals surface area contributed by atoms with Crippen molar-refractivity contribution in [2.45, 2.75) is 25.8 Å². The summed E-state index contributed by atoms with van der Waals surface area (Å²) < 4.78 is 0. The molecule has 2 rings (SSSR count). The Bertz CT molecular complexity index is 350. The summed E-state index contributed by atoms with van der Waals surface area (Å²) in [6.07, 6.45) is 2.27. The minimum atomic E-state index is 0.203. The van der Waals surface area contributed by atoms with E-state index in [1.807, 2.05) is 35.2 Å². The van der Waals surface area contributed by atoms with Gasteiger partial charge >= 0.3 is 0 Å². The largest absolute Gasteiger partial charge is 0.376 e. The monoisotopic (exact) mass is 218 g/mol. The van der Waals surface area contributed by atoms with Crippen LogP contribution in [0.5, 0.6) is 0 Å². The molecule has 1 N–H and O–H groups in total. The molecule has 0 bridgehead atoms. The van der Waals surface area contributed by atoms with Crippen LogP contribution in [0.25, 0.3) is 0 Å². The fourth-order valence-corrected chi connectivity index (χ4v) is 2.14. The molecule has 1 atom stereocenters. The van der Waals surface area contributed by atoms with Gasteiger partial charge in [0.05, 0.1) is 6.54 Å². The molecule has 1 aliphatic rings. The smallest absolute Gasteiger partial charge is 0.242 e. The van der Waals surface area contributed by atoms with E-state index in [0.29, 0.717) is 12.6 Å². The van der Waals surface area contributed by atoms with Crippen molar-refractivity contribution < 1.29 is 4.79 Å². The molecule has 0 aromatic heterocycles. The number of amides is 1. The van der Waals surface area contributed by atoms with E-state index in [4.69, 9.17) is 0 Å². The van der Waals surface area contributed by atoms with Gasteiger partial charge in [-0.2, -0.15) is 0 Å². The summed E-state index contributed by atoms with van der Waals surface area (Å²) in [5.41, 5.74) is 1.00. The van der Waals surface area contributed by atoms with E-state index in [1.165, 1.54) is 0 Å². The summed E-state index contributed by atoms with van der Waals surface area (Å²) in [7, 11) is 0. The minimum Gasteiger partial charge on any atom is -0.376 e. The first-order valence-corrected chi connectivity index (χ1v) is 5.86. The maximum atomic E-state index is 11.9. The summed E-state index contributed by atoms with van der Waals surface area (Å²) in [6.45, 7) is 3.43. The SMILES string of the molecule is C[C@@H]1CCCN1C(=O)CNc1ccccc1. The van der Waals surface area contributed by atoms with Crippen molar-refractivity contribution in [3.63, 3.8) is 0 Å². The van der Waals surface area contributed by atoms with Crippen LogP contribution in [0.15, 0.2) is 30.3 Å². The van der Waals surface area contributed by atoms with Crippen molar-refractivity contribution in [2.24, 2.45) is 0 Å². The van der Waals surface area contributed by atoms with Crippen molar-refractivity contribution in [3.8, 4) is 0 Å². The quantitative estimate of drug-likeness (QED) is 0.842. The molecule has 0 radical (unpaired) electrons. The predicted octanol–water partition coefficient (Wildman–Crippen LogP) is 2.11. The molecule has 0 unspecified atom stereocenters. The number of rotatable bonds is 3. The summed E-state index contributed by atoms with van der Waals surface area (Å²) in [6, 6.07) is 10.2. The first kappa shape index (κ1) is 11.0. The Hall–Kier alpha value is -1.51. The zero-order valence-corrected chi connectivity index (χ0v) is 9.65. The van der Waals surface area contributed by atoms with Crippen molar-refractivity contribution in [1.29, 1.82) is 0 Å². The highest BCUT2D eigenvalue weighted by Crippen LogP contribution is 2.16. The molecule has 1 fully saturated rings. The molecule has 3 nitrogen and oxygen atoms in total. The first-order valence-electron chi connectivity index (χ1n) is 5.86. The van der Waals surface area contributed by atoms with Gasteiger partial charge in [0.2, 0.25) is 5.91 Å². The van der Waals surface area contributed by atoms with Gasteiger partial charge in [-0.05, 0) is 31.9 Å². The molecule has 3 heteroatoms. The van der Waals surface area contributed by atoms with Gasteiger partial charge in [0.1, 0.15) is 0 Å². The van der Waals surface area contributed by atoms with Crippen LogP contribution < -0.4 is 5.32 Å². The number of carbonyl (C=O) groups is 1. The number of likely N-dealkylation sites (tertiary alicyclic amines) is 1. The first-order chi connectivity index (χ1) is 7.77. The molecule has 86 valence electrons. The summed E-state index contributed by atoms with van der Waals surface area (Å²) in [5, 5.41) is 3.15. The fraction of sp³-hybridized carbons (Fsp3) is 0.462. The summed E-state index contributed by atoms with van der Waals surface area (Å²) >= 11 is 0. The molecule has 1 saturated heterocycles. The standard InChI is InChI=1S/C13H18N2O/c1-11-6-5-9-15(11)13(16)10-14-12-7-3-2-4-8-12/h2-4,7-8,11,14H,5-6,9-10H2,1H3/t11-/m1/s1. The zero-order valence-electron chi connectivity index (χ0n) is 9.65. The highest BCUT2D eigenvalue weighted by molar-refractivity contribution is 5.81. The topological polar surface area (TPSA) is 32.3 Å². The molecule has 1 aromatic rings. The molecular weight excluding hydrogens is 200 g/mol. The van der Waals surface area contributed by atoms with Crippen LogP contribution in [0.1, 0.15) is 19.8 Å². The van der Waals surface area contributed by atoms with Crippen LogP contribution in [0, 0.1) is 0 Å². The van der Waals surface area contributed by atoms with Crippen LogP contribution in [-0.4, -0.2) is 29.9 Å². The highest BCUT2D eigenvalue weighted by Gasteiger charge is 2.24. The third kappa shape index (κ3) is 2.54. The highest BCUT2D eigenvalue weighted by atomic mass is 16.2. The molecule has 1 heterocycles. The van der Waals surface area contributed by atoms with E-state index >= 15 is 0 Å². The molecule has 0 saturated carbocycles. The van der Waals surface area contributed by atoms with Crippen LogP contribution in [0.3, 0.4) is 0 Å². The lowest BCUT2D eigenvalue weighted by atomic mass is 10.2. The maximum absolute atomic E-state index is 11.9. The van der Waals surface area contributed by atoms with E-state index in [0.717, 1.165) is 25.1 Å². The molecular formula is C13H18N2O. The van der Waals surface area contributed by atoms with Crippen LogP contribution in [-0.2, 0) is 4.79 Å². The molecule has 1 amide bonds. The Labute approximate surface area is 96.5 Å². The Kier molecular flexibility index (Phi) is 3.44. The van der Waals surface area contributed by atoms with Gasteiger partial charge in [0.15, 0.2) is 0 Å². The zero-order chi connectivity index (χ0) is 11.4. The van der Waals surface area contributed by atoms with Gasteiger partial charge in [-0.3, -0.25) is 4.79 Å². The molecule has 1 aliphatic heterocycles. The third-order valence-electron chi connectivity index (χ3n) is 3.09. The Morgan fingerprint density at radius 1 is 1.44 bits per heavy atom. The second-order valence-electron chi connectivity index (χ2n) is 4.30. The number of anilines is 1. The van der Waals surface area contributed by atoms with Gasteiger partial charge in [-0.25, -0.2) is 0 Å². The minimum absolute atomic E-state index is 0.203. The van der Waals surface area contributed by atoms with E-state index < -0.39 is 0 Å². The second-order valence-corrected chi connectivity index (χ2v) is 4.30. The average molecular weight is 218 g/mol. The van der Waals surface area contributed by atoms with Gasteiger partial charge in [-0.15, -0.1) is 0 Å². The molecule has 1 aromatic carbocycles. The van der Waals surface area contributed by atoms with Crippen LogP contribution in [0.4, 0.5) is 5.69 Å². The third-order valence-corrected chi connectivity index (χ3v) is 3.09. The van der Waals surface area contributed by atoms with E-state index in [2.05, 4.69) is 12.2 Å². The fourth-order valence-electron chi connectivity index (χ4n) is 2.14. The van der Waals surface area contributed by atoms with E-state index in [-0.39, 0.29) is 5.91 Å². The van der Waals surface area contributed by atoms with Crippen molar-refractivity contribution in [2.75, 3.05) is 18.4 Å². The number of nitrogens with zero attached hydrogens (tertiary/aromatic N) is 1. The van der Waals surface area contributed by atoms with Crippen molar-refractivity contribution >= 4 is 11.6 Å². The number of hydrogen-bond donors (Lipinski definition) is 1. The van der Waals surface area contributed by atoms with E-state index in [1.54, 1.807) is 0 Å². The lowest BCUT2D eigenvalue weighted by molar-refractivity contribution is -0.129. The van der Waals surface area contributed by atoms with Gasteiger partial charge in [0.25, 0.3) is 0 Å².